The zero-order valence-electron chi connectivity index (χ0n) is 12.4. The molecule has 1 rings (SSSR count). The number of esters is 1. The van der Waals surface area contributed by atoms with Crippen LogP contribution in [-0.2, 0) is 9.53 Å². The first-order valence-electron chi connectivity index (χ1n) is 6.34. The second-order valence-electron chi connectivity index (χ2n) is 4.59. The van der Waals surface area contributed by atoms with Crippen LogP contribution in [0.2, 0.25) is 10.0 Å². The molecule has 0 aromatic heterocycles. The van der Waals surface area contributed by atoms with Crippen molar-refractivity contribution in [2.75, 3.05) is 20.7 Å². The lowest BCUT2D eigenvalue weighted by Crippen LogP contribution is -2.20. The van der Waals surface area contributed by atoms with Crippen LogP contribution in [0.5, 0.6) is 0 Å². The monoisotopic (exact) mass is 329 g/mol. The van der Waals surface area contributed by atoms with E-state index in [9.17, 15) is 9.59 Å². The van der Waals surface area contributed by atoms with Crippen molar-refractivity contribution < 1.29 is 14.3 Å². The highest BCUT2D eigenvalue weighted by Crippen LogP contribution is 2.29. The van der Waals surface area contributed by atoms with E-state index < -0.39 is 11.8 Å². The second kappa shape index (κ2) is 7.48. The number of halogens is 2. The average molecular weight is 330 g/mol. The summed E-state index contributed by atoms with van der Waals surface area (Å²) in [5.41, 5.74) is 0.738. The van der Waals surface area contributed by atoms with E-state index in [1.807, 2.05) is 0 Å². The molecule has 0 aliphatic carbocycles. The summed E-state index contributed by atoms with van der Waals surface area (Å²) in [6.07, 6.45) is 1.42. The van der Waals surface area contributed by atoms with Crippen molar-refractivity contribution in [2.45, 2.75) is 13.8 Å². The molecular weight excluding hydrogens is 313 g/mol. The lowest BCUT2D eigenvalue weighted by molar-refractivity contribution is -0.138. The minimum absolute atomic E-state index is 0.0783. The van der Waals surface area contributed by atoms with Crippen molar-refractivity contribution in [3.63, 3.8) is 0 Å². The van der Waals surface area contributed by atoms with E-state index >= 15 is 0 Å². The summed E-state index contributed by atoms with van der Waals surface area (Å²) < 4.78 is 4.92. The van der Waals surface area contributed by atoms with Crippen LogP contribution in [0.1, 0.15) is 22.8 Å². The Morgan fingerprint density at radius 3 is 2.43 bits per heavy atom. The van der Waals surface area contributed by atoms with Crippen LogP contribution in [0, 0.1) is 6.92 Å². The summed E-state index contributed by atoms with van der Waals surface area (Å²) in [4.78, 5) is 26.1. The fourth-order valence-electron chi connectivity index (χ4n) is 1.65. The van der Waals surface area contributed by atoms with E-state index in [0.717, 1.165) is 0 Å². The number of hydrogen-bond donors (Lipinski definition) is 0. The summed E-state index contributed by atoms with van der Waals surface area (Å²) in [6.45, 7) is 3.57. The molecule has 0 atom stereocenters. The van der Waals surface area contributed by atoms with Gasteiger partial charge in [0.2, 0.25) is 5.78 Å². The SMILES string of the molecule is CCOC(=O)C(=CN(C)C)C(=O)c1ccc(Cl)c(C)c1Cl. The summed E-state index contributed by atoms with van der Waals surface area (Å²) >= 11 is 12.1. The van der Waals surface area contributed by atoms with Gasteiger partial charge in [-0.1, -0.05) is 23.2 Å². The molecule has 21 heavy (non-hydrogen) atoms. The number of hydrogen-bond acceptors (Lipinski definition) is 4. The van der Waals surface area contributed by atoms with Crippen molar-refractivity contribution in [3.8, 4) is 0 Å². The number of carbonyl (C=O) groups excluding carboxylic acids is 2. The van der Waals surface area contributed by atoms with Crippen LogP contribution in [0.4, 0.5) is 0 Å². The Labute approximate surface area is 134 Å². The molecule has 0 heterocycles. The highest BCUT2D eigenvalue weighted by molar-refractivity contribution is 6.40. The minimum atomic E-state index is -0.681. The number of rotatable bonds is 5. The maximum absolute atomic E-state index is 12.6. The molecule has 114 valence electrons. The molecule has 0 spiro atoms. The number of Topliss-reactive ketones (excluding diaryl/α,β-unsaturated/α-hetero) is 1. The molecule has 0 radical (unpaired) electrons. The van der Waals surface area contributed by atoms with Crippen molar-refractivity contribution in [3.05, 3.63) is 45.1 Å². The van der Waals surface area contributed by atoms with Gasteiger partial charge in [-0.3, -0.25) is 4.79 Å². The predicted octanol–water partition coefficient (Wildman–Crippen LogP) is 3.49. The van der Waals surface area contributed by atoms with Crippen molar-refractivity contribution in [1.29, 1.82) is 0 Å². The first-order valence-corrected chi connectivity index (χ1v) is 7.09. The highest BCUT2D eigenvalue weighted by Gasteiger charge is 2.24. The van der Waals surface area contributed by atoms with Crippen molar-refractivity contribution in [2.24, 2.45) is 0 Å². The van der Waals surface area contributed by atoms with E-state index in [1.54, 1.807) is 38.9 Å². The average Bonchev–Trinajstić information content (AvgIpc) is 2.41. The van der Waals surface area contributed by atoms with Gasteiger partial charge in [-0.25, -0.2) is 4.79 Å². The van der Waals surface area contributed by atoms with E-state index in [-0.39, 0.29) is 22.8 Å². The number of ketones is 1. The van der Waals surface area contributed by atoms with Gasteiger partial charge in [0.25, 0.3) is 0 Å². The van der Waals surface area contributed by atoms with Crippen LogP contribution in [0.3, 0.4) is 0 Å². The summed E-state index contributed by atoms with van der Waals surface area (Å²) in [7, 11) is 3.42. The third-order valence-corrected chi connectivity index (χ3v) is 3.59. The highest BCUT2D eigenvalue weighted by atomic mass is 35.5. The molecule has 0 aliphatic rings. The summed E-state index contributed by atoms with van der Waals surface area (Å²) in [5, 5.41) is 0.701. The summed E-state index contributed by atoms with van der Waals surface area (Å²) in [6, 6.07) is 3.08. The van der Waals surface area contributed by atoms with Crippen LogP contribution in [0.25, 0.3) is 0 Å². The lowest BCUT2D eigenvalue weighted by Gasteiger charge is -2.12. The minimum Gasteiger partial charge on any atom is -0.462 e. The molecule has 0 amide bonds. The topological polar surface area (TPSA) is 46.6 Å². The van der Waals surface area contributed by atoms with Gasteiger partial charge in [0.05, 0.1) is 11.6 Å². The first kappa shape index (κ1) is 17.5. The second-order valence-corrected chi connectivity index (χ2v) is 5.38. The smallest absolute Gasteiger partial charge is 0.343 e. The Balaban J connectivity index is 3.30. The number of benzene rings is 1. The van der Waals surface area contributed by atoms with Gasteiger partial charge in [-0.05, 0) is 31.5 Å². The number of ether oxygens (including phenoxy) is 1. The molecule has 0 bridgehead atoms. The van der Waals surface area contributed by atoms with Gasteiger partial charge >= 0.3 is 5.97 Å². The Kier molecular flexibility index (Phi) is 6.24. The largest absolute Gasteiger partial charge is 0.462 e. The van der Waals surface area contributed by atoms with Gasteiger partial charge in [0.15, 0.2) is 0 Å². The third kappa shape index (κ3) is 4.22. The Morgan fingerprint density at radius 2 is 1.90 bits per heavy atom. The number of nitrogens with zero attached hydrogens (tertiary/aromatic N) is 1. The first-order chi connectivity index (χ1) is 9.79. The molecule has 0 unspecified atom stereocenters. The normalized spacial score (nSPS) is 11.2. The zero-order valence-corrected chi connectivity index (χ0v) is 13.9. The van der Waals surface area contributed by atoms with E-state index in [2.05, 4.69) is 0 Å². The maximum Gasteiger partial charge on any atom is 0.343 e. The molecule has 0 aliphatic heterocycles. The van der Waals surface area contributed by atoms with E-state index in [4.69, 9.17) is 27.9 Å². The molecule has 1 aromatic rings. The van der Waals surface area contributed by atoms with Gasteiger partial charge < -0.3 is 9.64 Å². The predicted molar refractivity (Wildman–Crippen MR) is 83.9 cm³/mol. The zero-order chi connectivity index (χ0) is 16.2. The molecule has 1 aromatic carbocycles. The van der Waals surface area contributed by atoms with Gasteiger partial charge in [-0.15, -0.1) is 0 Å². The maximum atomic E-state index is 12.6. The fraction of sp³-hybridized carbons (Fsp3) is 0.333. The van der Waals surface area contributed by atoms with Gasteiger partial charge in [0, 0.05) is 30.9 Å². The Hall–Kier alpha value is -1.52. The van der Waals surface area contributed by atoms with Gasteiger partial charge in [0.1, 0.15) is 5.57 Å². The van der Waals surface area contributed by atoms with Crippen LogP contribution in [-0.4, -0.2) is 37.4 Å². The van der Waals surface area contributed by atoms with Crippen LogP contribution >= 0.6 is 23.2 Å². The molecule has 0 fully saturated rings. The Bertz CT molecular complexity index is 595. The lowest BCUT2D eigenvalue weighted by atomic mass is 10.0. The van der Waals surface area contributed by atoms with Crippen molar-refractivity contribution in [1.82, 2.24) is 4.90 Å². The quantitative estimate of drug-likeness (QED) is 0.273. The van der Waals surface area contributed by atoms with Crippen LogP contribution < -0.4 is 0 Å². The summed E-state index contributed by atoms with van der Waals surface area (Å²) in [5.74, 6) is -1.17. The van der Waals surface area contributed by atoms with Crippen molar-refractivity contribution >= 4 is 35.0 Å². The standard InChI is InChI=1S/C15H17Cl2NO3/c1-5-21-15(20)11(8-18(3)4)14(19)10-6-7-12(16)9(2)13(10)17/h6-8H,5H2,1-4H3. The molecular formula is C15H17Cl2NO3. The fourth-order valence-corrected chi connectivity index (χ4v) is 2.11. The molecule has 0 N–H and O–H groups in total. The molecule has 0 saturated carbocycles. The molecule has 0 saturated heterocycles. The third-order valence-electron chi connectivity index (χ3n) is 2.69. The van der Waals surface area contributed by atoms with E-state index in [0.29, 0.717) is 10.6 Å². The van der Waals surface area contributed by atoms with Crippen LogP contribution in [0.15, 0.2) is 23.9 Å². The Morgan fingerprint density at radius 1 is 1.29 bits per heavy atom. The molecule has 4 nitrogen and oxygen atoms in total. The van der Waals surface area contributed by atoms with Gasteiger partial charge in [-0.2, -0.15) is 0 Å². The van der Waals surface area contributed by atoms with E-state index in [1.165, 1.54) is 12.3 Å². The molecule has 6 heteroatoms. The number of carbonyl (C=O) groups is 2.